The summed E-state index contributed by atoms with van der Waals surface area (Å²) >= 11 is 1.24. The topological polar surface area (TPSA) is 78.7 Å². The van der Waals surface area contributed by atoms with Gasteiger partial charge in [0.2, 0.25) is 9.97 Å². The first kappa shape index (κ1) is 17.9. The molecule has 3 aromatic rings. The molecule has 1 amide bonds. The van der Waals surface area contributed by atoms with E-state index >= 15 is 0 Å². The second kappa shape index (κ2) is 7.24. The minimum absolute atomic E-state index is 0.195. The maximum atomic E-state index is 12.5. The Morgan fingerprint density at radius 3 is 2.48 bits per heavy atom. The number of nitrogens with zero attached hydrogens (tertiary/aromatic N) is 6. The van der Waals surface area contributed by atoms with E-state index in [4.69, 9.17) is 0 Å². The van der Waals surface area contributed by atoms with Crippen LogP contribution in [0.1, 0.15) is 35.4 Å². The normalized spacial score (nSPS) is 15.6. The Morgan fingerprint density at radius 1 is 1.11 bits per heavy atom. The second-order valence-electron chi connectivity index (χ2n) is 7.11. The number of piperazine rings is 1. The van der Waals surface area contributed by atoms with Crippen LogP contribution in [0.5, 0.6) is 0 Å². The lowest BCUT2D eigenvalue weighted by Crippen LogP contribution is -2.44. The SMILES string of the molecule is CC(C)c1nnc2sc(C(=O)Nc3ccc(N4CCN(C)CC4)cc3)nn12. The second-order valence-corrected chi connectivity index (χ2v) is 8.06. The summed E-state index contributed by atoms with van der Waals surface area (Å²) in [7, 11) is 2.14. The molecule has 1 aliphatic heterocycles. The van der Waals surface area contributed by atoms with Gasteiger partial charge in [-0.1, -0.05) is 25.2 Å². The van der Waals surface area contributed by atoms with Crippen LogP contribution in [-0.4, -0.2) is 63.8 Å². The first-order chi connectivity index (χ1) is 13.0. The summed E-state index contributed by atoms with van der Waals surface area (Å²) in [6, 6.07) is 7.98. The summed E-state index contributed by atoms with van der Waals surface area (Å²) in [4.78, 5) is 17.9. The van der Waals surface area contributed by atoms with Crippen molar-refractivity contribution in [2.45, 2.75) is 19.8 Å². The predicted octanol–water partition coefficient (Wildman–Crippen LogP) is 2.31. The van der Waals surface area contributed by atoms with Crippen LogP contribution in [0, 0.1) is 0 Å². The zero-order valence-electron chi connectivity index (χ0n) is 15.7. The molecular formula is C18H23N7OS. The zero-order chi connectivity index (χ0) is 19.0. The van der Waals surface area contributed by atoms with E-state index in [2.05, 4.69) is 49.6 Å². The van der Waals surface area contributed by atoms with Crippen molar-refractivity contribution >= 4 is 33.6 Å². The van der Waals surface area contributed by atoms with Gasteiger partial charge in [0.1, 0.15) is 0 Å². The van der Waals surface area contributed by atoms with Crippen molar-refractivity contribution in [1.82, 2.24) is 24.7 Å². The van der Waals surface area contributed by atoms with Gasteiger partial charge in [-0.25, -0.2) is 0 Å². The maximum Gasteiger partial charge on any atom is 0.286 e. The third-order valence-electron chi connectivity index (χ3n) is 4.72. The zero-order valence-corrected chi connectivity index (χ0v) is 16.5. The lowest BCUT2D eigenvalue weighted by Gasteiger charge is -2.34. The molecule has 0 atom stereocenters. The largest absolute Gasteiger partial charge is 0.369 e. The van der Waals surface area contributed by atoms with Crippen molar-refractivity contribution in [3.8, 4) is 0 Å². The Balaban J connectivity index is 1.45. The minimum atomic E-state index is -0.229. The van der Waals surface area contributed by atoms with E-state index in [0.717, 1.165) is 37.7 Å². The highest BCUT2D eigenvalue weighted by Gasteiger charge is 2.19. The monoisotopic (exact) mass is 385 g/mol. The predicted molar refractivity (Wildman–Crippen MR) is 107 cm³/mol. The number of rotatable bonds is 4. The molecule has 4 rings (SSSR count). The van der Waals surface area contributed by atoms with Crippen LogP contribution in [0.15, 0.2) is 24.3 Å². The van der Waals surface area contributed by atoms with E-state index in [9.17, 15) is 4.79 Å². The van der Waals surface area contributed by atoms with Crippen LogP contribution in [0.3, 0.4) is 0 Å². The Labute approximate surface area is 161 Å². The number of likely N-dealkylation sites (N-methyl/N-ethyl adjacent to an activating group) is 1. The fourth-order valence-corrected chi connectivity index (χ4v) is 3.83. The Hall–Kier alpha value is -2.52. The number of aromatic nitrogens is 4. The van der Waals surface area contributed by atoms with Gasteiger partial charge < -0.3 is 15.1 Å². The lowest BCUT2D eigenvalue weighted by atomic mass is 10.2. The average Bonchev–Trinajstić information content (AvgIpc) is 3.23. The first-order valence-corrected chi connectivity index (χ1v) is 9.90. The average molecular weight is 385 g/mol. The van der Waals surface area contributed by atoms with E-state index < -0.39 is 0 Å². The molecule has 0 unspecified atom stereocenters. The van der Waals surface area contributed by atoms with Crippen molar-refractivity contribution in [3.05, 3.63) is 35.1 Å². The highest BCUT2D eigenvalue weighted by Crippen LogP contribution is 2.22. The van der Waals surface area contributed by atoms with Crippen LogP contribution in [0.2, 0.25) is 0 Å². The van der Waals surface area contributed by atoms with Gasteiger partial charge in [-0.3, -0.25) is 4.79 Å². The molecule has 0 bridgehead atoms. The standard InChI is InChI=1S/C18H23N7OS/c1-12(2)15-20-21-18-25(15)22-17(27-18)16(26)19-13-4-6-14(7-5-13)24-10-8-23(3)9-11-24/h4-7,12H,8-11H2,1-3H3,(H,19,26). The van der Waals surface area contributed by atoms with Crippen molar-refractivity contribution < 1.29 is 4.79 Å². The van der Waals surface area contributed by atoms with Crippen molar-refractivity contribution in [3.63, 3.8) is 0 Å². The van der Waals surface area contributed by atoms with Crippen molar-refractivity contribution in [1.29, 1.82) is 0 Å². The van der Waals surface area contributed by atoms with Gasteiger partial charge in [0.15, 0.2) is 5.82 Å². The molecule has 0 aliphatic carbocycles. The molecular weight excluding hydrogens is 362 g/mol. The molecule has 3 heterocycles. The summed E-state index contributed by atoms with van der Waals surface area (Å²) < 4.78 is 1.65. The minimum Gasteiger partial charge on any atom is -0.369 e. The van der Waals surface area contributed by atoms with Crippen LogP contribution in [0.25, 0.3) is 4.96 Å². The van der Waals surface area contributed by atoms with Crippen molar-refractivity contribution in [2.24, 2.45) is 0 Å². The number of carbonyl (C=O) groups is 1. The Morgan fingerprint density at radius 2 is 1.81 bits per heavy atom. The fourth-order valence-electron chi connectivity index (χ4n) is 3.09. The molecule has 1 fully saturated rings. The summed E-state index contributed by atoms with van der Waals surface area (Å²) in [6.45, 7) is 8.23. The van der Waals surface area contributed by atoms with Gasteiger partial charge in [-0.15, -0.1) is 15.3 Å². The van der Waals surface area contributed by atoms with Gasteiger partial charge >= 0.3 is 0 Å². The van der Waals surface area contributed by atoms with E-state index in [0.29, 0.717) is 9.97 Å². The van der Waals surface area contributed by atoms with Crippen molar-refractivity contribution in [2.75, 3.05) is 43.4 Å². The van der Waals surface area contributed by atoms with E-state index in [1.807, 2.05) is 26.0 Å². The molecule has 1 aromatic carbocycles. The fraction of sp³-hybridized carbons (Fsp3) is 0.444. The molecule has 1 aliphatic rings. The van der Waals surface area contributed by atoms with Crippen LogP contribution < -0.4 is 10.2 Å². The smallest absolute Gasteiger partial charge is 0.286 e. The third-order valence-corrected chi connectivity index (χ3v) is 5.62. The van der Waals surface area contributed by atoms with Gasteiger partial charge in [0.05, 0.1) is 0 Å². The van der Waals surface area contributed by atoms with E-state index in [1.165, 1.54) is 17.0 Å². The first-order valence-electron chi connectivity index (χ1n) is 9.08. The number of anilines is 2. The lowest BCUT2D eigenvalue weighted by molar-refractivity contribution is 0.102. The molecule has 8 nitrogen and oxygen atoms in total. The number of nitrogens with one attached hydrogen (secondary N) is 1. The van der Waals surface area contributed by atoms with Crippen LogP contribution in [-0.2, 0) is 0 Å². The van der Waals surface area contributed by atoms with Gasteiger partial charge in [-0.05, 0) is 31.3 Å². The van der Waals surface area contributed by atoms with Gasteiger partial charge in [0.25, 0.3) is 5.91 Å². The van der Waals surface area contributed by atoms with Gasteiger partial charge in [-0.2, -0.15) is 4.52 Å². The highest BCUT2D eigenvalue weighted by atomic mass is 32.1. The number of hydrogen-bond donors (Lipinski definition) is 1. The molecule has 1 N–H and O–H groups in total. The molecule has 0 spiro atoms. The summed E-state index contributed by atoms with van der Waals surface area (Å²) in [6.07, 6.45) is 0. The van der Waals surface area contributed by atoms with Crippen LogP contribution >= 0.6 is 11.3 Å². The summed E-state index contributed by atoms with van der Waals surface area (Å²) in [5, 5.41) is 15.9. The number of benzene rings is 1. The van der Waals surface area contributed by atoms with E-state index in [1.54, 1.807) is 4.52 Å². The molecule has 0 radical (unpaired) electrons. The molecule has 1 saturated heterocycles. The highest BCUT2D eigenvalue weighted by molar-refractivity contribution is 7.18. The molecule has 0 saturated carbocycles. The molecule has 142 valence electrons. The number of carbonyl (C=O) groups excluding carboxylic acids is 1. The molecule has 9 heteroatoms. The third kappa shape index (κ3) is 3.65. The summed E-state index contributed by atoms with van der Waals surface area (Å²) in [5.74, 6) is 0.726. The quantitative estimate of drug-likeness (QED) is 0.743. The molecule has 2 aromatic heterocycles. The number of amides is 1. The van der Waals surface area contributed by atoms with Crippen LogP contribution in [0.4, 0.5) is 11.4 Å². The Kier molecular flexibility index (Phi) is 4.79. The maximum absolute atomic E-state index is 12.5. The van der Waals surface area contributed by atoms with E-state index in [-0.39, 0.29) is 11.8 Å². The number of fused-ring (bicyclic) bond motifs is 1. The molecule has 27 heavy (non-hydrogen) atoms. The summed E-state index contributed by atoms with van der Waals surface area (Å²) in [5.41, 5.74) is 1.94. The number of hydrogen-bond acceptors (Lipinski definition) is 7. The Bertz CT molecular complexity index is 938. The van der Waals surface area contributed by atoms with Gasteiger partial charge in [0, 0.05) is 43.5 Å².